The number of nitrogens with one attached hydrogen (secondary N) is 2. The number of halogens is 1. The van der Waals surface area contributed by atoms with Gasteiger partial charge in [0, 0.05) is 22.9 Å². The standard InChI is InChI=1S/C20H28FN5O/c1-14-7-8-15(13-22-14)17-16(21)18(25-24-17)23-19(27)20(2,3)9-12-26-10-5-4-6-11-26/h7-8,13H,4-6,9-12H2,1-3H3,(H2,23,24,25,27). The molecule has 1 amide bonds. The van der Waals surface area contributed by atoms with Crippen molar-refractivity contribution in [2.75, 3.05) is 25.0 Å². The monoisotopic (exact) mass is 373 g/mol. The fraction of sp³-hybridized carbons (Fsp3) is 0.550. The van der Waals surface area contributed by atoms with Crippen molar-refractivity contribution < 1.29 is 9.18 Å². The largest absolute Gasteiger partial charge is 0.308 e. The van der Waals surface area contributed by atoms with E-state index < -0.39 is 11.2 Å². The third kappa shape index (κ3) is 4.71. The van der Waals surface area contributed by atoms with Gasteiger partial charge in [0.2, 0.25) is 5.91 Å². The Bertz CT molecular complexity index is 778. The molecule has 0 aromatic carbocycles. The average molecular weight is 373 g/mol. The predicted octanol–water partition coefficient (Wildman–Crippen LogP) is 3.76. The van der Waals surface area contributed by atoms with Crippen LogP contribution < -0.4 is 5.32 Å². The van der Waals surface area contributed by atoms with Crippen LogP contribution in [-0.2, 0) is 4.79 Å². The number of aromatic amines is 1. The fourth-order valence-corrected chi connectivity index (χ4v) is 3.23. The highest BCUT2D eigenvalue weighted by molar-refractivity contribution is 5.94. The van der Waals surface area contributed by atoms with E-state index in [0.717, 1.165) is 31.7 Å². The van der Waals surface area contributed by atoms with Crippen LogP contribution in [0.2, 0.25) is 0 Å². The van der Waals surface area contributed by atoms with Crippen molar-refractivity contribution in [1.82, 2.24) is 20.1 Å². The van der Waals surface area contributed by atoms with Crippen molar-refractivity contribution in [2.24, 2.45) is 5.41 Å². The second-order valence-electron chi connectivity index (χ2n) is 7.94. The van der Waals surface area contributed by atoms with E-state index in [0.29, 0.717) is 5.56 Å². The lowest BCUT2D eigenvalue weighted by atomic mass is 9.87. The van der Waals surface area contributed by atoms with Crippen LogP contribution in [-0.4, -0.2) is 45.6 Å². The highest BCUT2D eigenvalue weighted by Gasteiger charge is 2.30. The molecule has 6 nitrogen and oxygen atoms in total. The first-order valence-electron chi connectivity index (χ1n) is 9.57. The van der Waals surface area contributed by atoms with E-state index in [1.54, 1.807) is 18.3 Å². The molecule has 27 heavy (non-hydrogen) atoms. The van der Waals surface area contributed by atoms with Gasteiger partial charge in [0.15, 0.2) is 11.6 Å². The molecule has 3 rings (SSSR count). The van der Waals surface area contributed by atoms with E-state index in [2.05, 4.69) is 25.4 Å². The Hall–Kier alpha value is -2.28. The molecule has 1 fully saturated rings. The quantitative estimate of drug-likeness (QED) is 0.809. The van der Waals surface area contributed by atoms with E-state index in [-0.39, 0.29) is 17.4 Å². The summed E-state index contributed by atoms with van der Waals surface area (Å²) < 4.78 is 14.7. The van der Waals surface area contributed by atoms with Gasteiger partial charge in [-0.2, -0.15) is 5.10 Å². The lowest BCUT2D eigenvalue weighted by Gasteiger charge is -2.30. The van der Waals surface area contributed by atoms with Crippen molar-refractivity contribution >= 4 is 11.7 Å². The van der Waals surface area contributed by atoms with Crippen molar-refractivity contribution in [3.05, 3.63) is 29.8 Å². The first-order valence-corrected chi connectivity index (χ1v) is 9.57. The van der Waals surface area contributed by atoms with Crippen LogP contribution in [0.5, 0.6) is 0 Å². The number of pyridine rings is 1. The number of carbonyl (C=O) groups is 1. The van der Waals surface area contributed by atoms with Crippen LogP contribution in [0.25, 0.3) is 11.3 Å². The summed E-state index contributed by atoms with van der Waals surface area (Å²) in [5.74, 6) is -0.780. The summed E-state index contributed by atoms with van der Waals surface area (Å²) in [5, 5.41) is 9.28. The number of hydrogen-bond acceptors (Lipinski definition) is 4. The van der Waals surface area contributed by atoms with E-state index >= 15 is 0 Å². The number of nitrogens with zero attached hydrogens (tertiary/aromatic N) is 3. The summed E-state index contributed by atoms with van der Waals surface area (Å²) in [4.78, 5) is 19.3. The highest BCUT2D eigenvalue weighted by atomic mass is 19.1. The van der Waals surface area contributed by atoms with Crippen LogP contribution in [0.3, 0.4) is 0 Å². The lowest BCUT2D eigenvalue weighted by molar-refractivity contribution is -0.124. The topological polar surface area (TPSA) is 73.9 Å². The fourth-order valence-electron chi connectivity index (χ4n) is 3.23. The molecule has 1 aliphatic heterocycles. The molecule has 1 aliphatic rings. The molecule has 146 valence electrons. The molecule has 1 saturated heterocycles. The summed E-state index contributed by atoms with van der Waals surface area (Å²) >= 11 is 0. The molecule has 2 N–H and O–H groups in total. The van der Waals surface area contributed by atoms with Crippen LogP contribution in [0.4, 0.5) is 10.2 Å². The molecule has 0 radical (unpaired) electrons. The number of aryl methyl sites for hydroxylation is 1. The molecule has 2 aromatic heterocycles. The molecular weight excluding hydrogens is 345 g/mol. The van der Waals surface area contributed by atoms with Crippen molar-refractivity contribution in [3.63, 3.8) is 0 Å². The Morgan fingerprint density at radius 3 is 2.70 bits per heavy atom. The van der Waals surface area contributed by atoms with Crippen LogP contribution >= 0.6 is 0 Å². The number of likely N-dealkylation sites (tertiary alicyclic amines) is 1. The van der Waals surface area contributed by atoms with Crippen LogP contribution in [0.1, 0.15) is 45.2 Å². The zero-order chi connectivity index (χ0) is 19.4. The molecule has 0 unspecified atom stereocenters. The number of aromatic nitrogens is 3. The van der Waals surface area contributed by atoms with Crippen molar-refractivity contribution in [3.8, 4) is 11.3 Å². The molecule has 0 saturated carbocycles. The zero-order valence-corrected chi connectivity index (χ0v) is 16.3. The smallest absolute Gasteiger partial charge is 0.231 e. The van der Waals surface area contributed by atoms with Crippen molar-refractivity contribution in [1.29, 1.82) is 0 Å². The van der Waals surface area contributed by atoms with Gasteiger partial charge in [-0.15, -0.1) is 0 Å². The molecule has 3 heterocycles. The highest BCUT2D eigenvalue weighted by Crippen LogP contribution is 2.28. The summed E-state index contributed by atoms with van der Waals surface area (Å²) in [6, 6.07) is 3.56. The van der Waals surface area contributed by atoms with E-state index in [1.807, 2.05) is 20.8 Å². The first kappa shape index (κ1) is 19.5. The Balaban J connectivity index is 1.63. The van der Waals surface area contributed by atoms with E-state index in [4.69, 9.17) is 0 Å². The third-order valence-corrected chi connectivity index (χ3v) is 5.25. The molecule has 0 bridgehead atoms. The molecular formula is C20H28FN5O. The summed E-state index contributed by atoms with van der Waals surface area (Å²) in [5.41, 5.74) is 0.974. The van der Waals surface area contributed by atoms with Gasteiger partial charge >= 0.3 is 0 Å². The molecule has 7 heteroatoms. The minimum absolute atomic E-state index is 0.00150. The van der Waals surface area contributed by atoms with Gasteiger partial charge in [0.25, 0.3) is 0 Å². The molecule has 0 aliphatic carbocycles. The SMILES string of the molecule is Cc1ccc(-c2n[nH]c(NC(=O)C(C)(C)CCN3CCCCC3)c2F)cn1. The lowest BCUT2D eigenvalue weighted by Crippen LogP contribution is -2.37. The maximum absolute atomic E-state index is 14.7. The number of hydrogen-bond donors (Lipinski definition) is 2. The zero-order valence-electron chi connectivity index (χ0n) is 16.3. The third-order valence-electron chi connectivity index (χ3n) is 5.25. The number of rotatable bonds is 6. The van der Waals surface area contributed by atoms with Gasteiger partial charge in [-0.1, -0.05) is 20.3 Å². The summed E-state index contributed by atoms with van der Waals surface area (Å²) in [7, 11) is 0. The molecule has 2 aromatic rings. The van der Waals surface area contributed by atoms with Gasteiger partial charge in [-0.05, 0) is 58.0 Å². The number of carbonyl (C=O) groups excluding carboxylic acids is 1. The maximum Gasteiger partial charge on any atom is 0.231 e. The second-order valence-corrected chi connectivity index (χ2v) is 7.94. The second kappa shape index (κ2) is 8.17. The normalized spacial score (nSPS) is 15.7. The molecule has 0 spiro atoms. The maximum atomic E-state index is 14.7. The van der Waals surface area contributed by atoms with E-state index in [9.17, 15) is 9.18 Å². The first-order chi connectivity index (χ1) is 12.9. The predicted molar refractivity (Wildman–Crippen MR) is 104 cm³/mol. The van der Waals surface area contributed by atoms with E-state index in [1.165, 1.54) is 19.3 Å². The number of amides is 1. The van der Waals surface area contributed by atoms with Crippen LogP contribution in [0, 0.1) is 18.2 Å². The summed E-state index contributed by atoms with van der Waals surface area (Å²) in [6.45, 7) is 8.73. The molecule has 0 atom stereocenters. The average Bonchev–Trinajstić information content (AvgIpc) is 3.02. The minimum atomic E-state index is -0.597. The Morgan fingerprint density at radius 2 is 2.04 bits per heavy atom. The van der Waals surface area contributed by atoms with Crippen LogP contribution in [0.15, 0.2) is 18.3 Å². The van der Waals surface area contributed by atoms with Gasteiger partial charge in [0.05, 0.1) is 0 Å². The Morgan fingerprint density at radius 1 is 1.30 bits per heavy atom. The number of anilines is 1. The summed E-state index contributed by atoms with van der Waals surface area (Å²) in [6.07, 6.45) is 6.04. The van der Waals surface area contributed by atoms with Gasteiger partial charge in [-0.25, -0.2) is 4.39 Å². The van der Waals surface area contributed by atoms with Crippen molar-refractivity contribution in [2.45, 2.75) is 46.5 Å². The van der Waals surface area contributed by atoms with Gasteiger partial charge in [-0.3, -0.25) is 14.9 Å². The number of piperidine rings is 1. The Kier molecular flexibility index (Phi) is 5.89. The number of H-pyrrole nitrogens is 1. The Labute approximate surface area is 159 Å². The minimum Gasteiger partial charge on any atom is -0.308 e. The van der Waals surface area contributed by atoms with Gasteiger partial charge in [0.1, 0.15) is 5.69 Å². The van der Waals surface area contributed by atoms with Gasteiger partial charge < -0.3 is 10.2 Å².